The van der Waals surface area contributed by atoms with E-state index in [0.717, 1.165) is 29.8 Å². The number of hydrogen-bond donors (Lipinski definition) is 1. The highest BCUT2D eigenvalue weighted by atomic mass is 32.2. The molecule has 138 valence electrons. The van der Waals surface area contributed by atoms with Crippen molar-refractivity contribution < 1.29 is 8.42 Å². The third-order valence-corrected chi connectivity index (χ3v) is 6.45. The summed E-state index contributed by atoms with van der Waals surface area (Å²) in [6, 6.07) is 18.4. The Hall–Kier alpha value is -2.77. The van der Waals surface area contributed by atoms with Crippen molar-refractivity contribution in [1.82, 2.24) is 14.3 Å². The van der Waals surface area contributed by atoms with Crippen LogP contribution in [0.5, 0.6) is 0 Å². The minimum Gasteiger partial charge on any atom is -0.324 e. The quantitative estimate of drug-likeness (QED) is 0.731. The van der Waals surface area contributed by atoms with Gasteiger partial charge in [0.1, 0.15) is 0 Å². The van der Waals surface area contributed by atoms with Gasteiger partial charge in [0.15, 0.2) is 0 Å². The van der Waals surface area contributed by atoms with Crippen molar-refractivity contribution in [1.29, 1.82) is 0 Å². The predicted octanol–water partition coefficient (Wildman–Crippen LogP) is 3.67. The van der Waals surface area contributed by atoms with E-state index in [1.807, 2.05) is 36.4 Å². The monoisotopic (exact) mass is 380 g/mol. The SMILES string of the molecule is O=S(=O)(c1ccc(Nc2nccc(-c3ccccc3)n2)cc1)N1CCCC1. The average molecular weight is 380 g/mol. The molecule has 1 N–H and O–H groups in total. The zero-order valence-electron chi connectivity index (χ0n) is 14.7. The van der Waals surface area contributed by atoms with Crippen LogP contribution in [-0.2, 0) is 10.0 Å². The van der Waals surface area contributed by atoms with E-state index in [-0.39, 0.29) is 0 Å². The Morgan fingerprint density at radius 1 is 0.889 bits per heavy atom. The van der Waals surface area contributed by atoms with E-state index < -0.39 is 10.0 Å². The molecule has 0 saturated carbocycles. The highest BCUT2D eigenvalue weighted by Crippen LogP contribution is 2.23. The van der Waals surface area contributed by atoms with Crippen LogP contribution in [0.2, 0.25) is 0 Å². The van der Waals surface area contributed by atoms with Crippen LogP contribution in [0, 0.1) is 0 Å². The Morgan fingerprint density at radius 2 is 1.59 bits per heavy atom. The zero-order chi connectivity index (χ0) is 18.7. The molecule has 3 aromatic rings. The number of nitrogens with zero attached hydrogens (tertiary/aromatic N) is 3. The summed E-state index contributed by atoms with van der Waals surface area (Å²) in [4.78, 5) is 9.08. The summed E-state index contributed by atoms with van der Waals surface area (Å²) < 4.78 is 26.7. The maximum atomic E-state index is 12.6. The fraction of sp³-hybridized carbons (Fsp3) is 0.200. The molecule has 1 aliphatic rings. The lowest BCUT2D eigenvalue weighted by Crippen LogP contribution is -2.27. The van der Waals surface area contributed by atoms with Gasteiger partial charge in [-0.15, -0.1) is 0 Å². The van der Waals surface area contributed by atoms with Gasteiger partial charge in [0.2, 0.25) is 16.0 Å². The minimum atomic E-state index is -3.40. The molecule has 7 heteroatoms. The van der Waals surface area contributed by atoms with Gasteiger partial charge in [-0.3, -0.25) is 0 Å². The van der Waals surface area contributed by atoms with Crippen LogP contribution >= 0.6 is 0 Å². The lowest BCUT2D eigenvalue weighted by Gasteiger charge is -2.15. The van der Waals surface area contributed by atoms with Crippen LogP contribution in [-0.4, -0.2) is 35.8 Å². The van der Waals surface area contributed by atoms with Gasteiger partial charge < -0.3 is 5.32 Å². The number of sulfonamides is 1. The molecule has 0 bridgehead atoms. The van der Waals surface area contributed by atoms with Gasteiger partial charge in [0.25, 0.3) is 0 Å². The van der Waals surface area contributed by atoms with E-state index in [1.54, 1.807) is 34.8 Å². The summed E-state index contributed by atoms with van der Waals surface area (Å²) in [5, 5.41) is 3.13. The van der Waals surface area contributed by atoms with Gasteiger partial charge in [-0.2, -0.15) is 4.31 Å². The van der Waals surface area contributed by atoms with Crippen LogP contribution < -0.4 is 5.32 Å². The number of hydrogen-bond acceptors (Lipinski definition) is 5. The molecule has 1 aromatic heterocycles. The number of nitrogens with one attached hydrogen (secondary N) is 1. The van der Waals surface area contributed by atoms with Crippen LogP contribution in [0.4, 0.5) is 11.6 Å². The first-order valence-corrected chi connectivity index (χ1v) is 10.3. The average Bonchev–Trinajstić information content (AvgIpc) is 3.25. The predicted molar refractivity (Wildman–Crippen MR) is 105 cm³/mol. The van der Waals surface area contributed by atoms with Crippen molar-refractivity contribution in [3.05, 3.63) is 66.9 Å². The molecule has 6 nitrogen and oxygen atoms in total. The molecule has 27 heavy (non-hydrogen) atoms. The second-order valence-electron chi connectivity index (χ2n) is 6.39. The topological polar surface area (TPSA) is 75.2 Å². The zero-order valence-corrected chi connectivity index (χ0v) is 15.6. The Bertz CT molecular complexity index is 1020. The van der Waals surface area contributed by atoms with Crippen molar-refractivity contribution >= 4 is 21.7 Å². The van der Waals surface area contributed by atoms with Crippen LogP contribution in [0.15, 0.2) is 71.8 Å². The molecule has 0 unspecified atom stereocenters. The molecule has 1 fully saturated rings. The normalized spacial score (nSPS) is 15.0. The largest absolute Gasteiger partial charge is 0.324 e. The van der Waals surface area contributed by atoms with E-state index in [9.17, 15) is 8.42 Å². The van der Waals surface area contributed by atoms with Crippen molar-refractivity contribution in [2.45, 2.75) is 17.7 Å². The van der Waals surface area contributed by atoms with Gasteiger partial charge in [-0.25, -0.2) is 18.4 Å². The van der Waals surface area contributed by atoms with Crippen LogP contribution in [0.1, 0.15) is 12.8 Å². The molecule has 0 radical (unpaired) electrons. The first kappa shape index (κ1) is 17.6. The first-order valence-electron chi connectivity index (χ1n) is 8.89. The Morgan fingerprint density at radius 3 is 2.30 bits per heavy atom. The molecule has 1 saturated heterocycles. The van der Waals surface area contributed by atoms with Gasteiger partial charge in [0, 0.05) is 30.5 Å². The molecule has 0 atom stereocenters. The first-order chi connectivity index (χ1) is 13.1. The third kappa shape index (κ3) is 3.84. The summed E-state index contributed by atoms with van der Waals surface area (Å²) in [6.45, 7) is 1.20. The van der Waals surface area contributed by atoms with E-state index >= 15 is 0 Å². The summed E-state index contributed by atoms with van der Waals surface area (Å²) in [6.07, 6.45) is 3.55. The maximum Gasteiger partial charge on any atom is 0.243 e. The summed E-state index contributed by atoms with van der Waals surface area (Å²) >= 11 is 0. The van der Waals surface area contributed by atoms with Crippen molar-refractivity contribution in [2.24, 2.45) is 0 Å². The number of rotatable bonds is 5. The van der Waals surface area contributed by atoms with E-state index in [1.165, 1.54) is 0 Å². The van der Waals surface area contributed by atoms with Crippen LogP contribution in [0.3, 0.4) is 0 Å². The van der Waals surface area contributed by atoms with Gasteiger partial charge in [-0.1, -0.05) is 30.3 Å². The molecule has 2 aromatic carbocycles. The summed E-state index contributed by atoms with van der Waals surface area (Å²) in [5.41, 5.74) is 2.57. The summed E-state index contributed by atoms with van der Waals surface area (Å²) in [5.74, 6) is 0.464. The molecular formula is C20H20N4O2S. The Kier molecular flexibility index (Phi) is 4.87. The number of benzene rings is 2. The lowest BCUT2D eigenvalue weighted by molar-refractivity contribution is 0.477. The van der Waals surface area contributed by atoms with Gasteiger partial charge >= 0.3 is 0 Å². The molecule has 2 heterocycles. The van der Waals surface area contributed by atoms with Crippen molar-refractivity contribution in [3.8, 4) is 11.3 Å². The Labute approximate surface area is 159 Å². The molecule has 0 aliphatic carbocycles. The van der Waals surface area contributed by atoms with E-state index in [2.05, 4.69) is 15.3 Å². The fourth-order valence-electron chi connectivity index (χ4n) is 3.11. The molecule has 4 rings (SSSR count). The Balaban J connectivity index is 1.52. The third-order valence-electron chi connectivity index (χ3n) is 4.54. The molecule has 1 aliphatic heterocycles. The molecule has 0 spiro atoms. The maximum absolute atomic E-state index is 12.6. The minimum absolute atomic E-state index is 0.314. The number of anilines is 2. The van der Waals surface area contributed by atoms with E-state index in [4.69, 9.17) is 0 Å². The summed E-state index contributed by atoms with van der Waals surface area (Å²) in [7, 11) is -3.40. The van der Waals surface area contributed by atoms with Crippen molar-refractivity contribution in [3.63, 3.8) is 0 Å². The highest BCUT2D eigenvalue weighted by molar-refractivity contribution is 7.89. The second-order valence-corrected chi connectivity index (χ2v) is 8.33. The highest BCUT2D eigenvalue weighted by Gasteiger charge is 2.26. The smallest absolute Gasteiger partial charge is 0.243 e. The van der Waals surface area contributed by atoms with Gasteiger partial charge in [-0.05, 0) is 43.2 Å². The van der Waals surface area contributed by atoms with Gasteiger partial charge in [0.05, 0.1) is 10.6 Å². The number of aromatic nitrogens is 2. The lowest BCUT2D eigenvalue weighted by atomic mass is 10.1. The fourth-order valence-corrected chi connectivity index (χ4v) is 4.62. The molecule has 0 amide bonds. The standard InChI is InChI=1S/C20H20N4O2S/c25-27(26,24-14-4-5-15-24)18-10-8-17(9-11-18)22-20-21-13-12-19(23-20)16-6-2-1-3-7-16/h1-3,6-13H,4-5,14-15H2,(H,21,22,23). The molecular weight excluding hydrogens is 360 g/mol. The second kappa shape index (κ2) is 7.46. The van der Waals surface area contributed by atoms with Crippen LogP contribution in [0.25, 0.3) is 11.3 Å². The van der Waals surface area contributed by atoms with Crippen molar-refractivity contribution in [2.75, 3.05) is 18.4 Å². The van der Waals surface area contributed by atoms with E-state index in [0.29, 0.717) is 23.9 Å².